The standard InChI is InChI=1S/C40H21Cl6O4/c41-29-7-3-1-5-25(29)37-17-21(15-35(49-37)23-9-11-31(43)33(45)19-23)13-27-39(47)28(40(27)48)14-22-16-36(24-10-12-32(44)34(46)20-24)50-38(18-22)26-6-2-4-8-30(26)42/h1-21H/q+1. The number of allylic oxidation sites excluding steroid dienone is 2. The van der Waals surface area contributed by atoms with E-state index in [9.17, 15) is 9.59 Å². The smallest absolute Gasteiger partial charge is 0.362 e. The lowest BCUT2D eigenvalue weighted by atomic mass is 9.97. The highest BCUT2D eigenvalue weighted by atomic mass is 35.5. The van der Waals surface area contributed by atoms with E-state index in [0.29, 0.717) is 81.0 Å². The third kappa shape index (κ3) is 6.93. The van der Waals surface area contributed by atoms with Gasteiger partial charge in [-0.3, -0.25) is 9.59 Å². The van der Waals surface area contributed by atoms with Crippen molar-refractivity contribution in [2.75, 3.05) is 0 Å². The molecule has 246 valence electrons. The quantitative estimate of drug-likeness (QED) is 0.158. The van der Waals surface area contributed by atoms with Gasteiger partial charge in [0.25, 0.3) is 0 Å². The summed E-state index contributed by atoms with van der Waals surface area (Å²) in [6, 6.07) is 28.1. The molecule has 2 heterocycles. The van der Waals surface area contributed by atoms with Crippen LogP contribution in [0.15, 0.2) is 123 Å². The Hall–Kier alpha value is -4.13. The Morgan fingerprint density at radius 1 is 0.540 bits per heavy atom. The van der Waals surface area contributed by atoms with Gasteiger partial charge in [0.2, 0.25) is 10.9 Å². The van der Waals surface area contributed by atoms with E-state index in [2.05, 4.69) is 0 Å². The molecule has 1 aliphatic rings. The molecule has 10 heteroatoms. The van der Waals surface area contributed by atoms with E-state index in [1.54, 1.807) is 85.0 Å². The van der Waals surface area contributed by atoms with Gasteiger partial charge in [-0.05, 0) is 84.5 Å². The Kier molecular flexibility index (Phi) is 9.78. The van der Waals surface area contributed by atoms with Gasteiger partial charge in [-0.2, -0.15) is 0 Å². The molecule has 0 bridgehead atoms. The first-order valence-electron chi connectivity index (χ1n) is 15.1. The van der Waals surface area contributed by atoms with Gasteiger partial charge >= 0.3 is 11.5 Å². The van der Waals surface area contributed by atoms with Crippen molar-refractivity contribution in [2.24, 2.45) is 5.92 Å². The first-order valence-corrected chi connectivity index (χ1v) is 17.4. The lowest BCUT2D eigenvalue weighted by molar-refractivity contribution is 0.458. The summed E-state index contributed by atoms with van der Waals surface area (Å²) in [6.07, 6.45) is 6.77. The van der Waals surface area contributed by atoms with Gasteiger partial charge in [0, 0.05) is 17.0 Å². The largest absolute Gasteiger partial charge is 0.457 e. The number of rotatable bonds is 6. The van der Waals surface area contributed by atoms with Gasteiger partial charge < -0.3 is 4.74 Å². The van der Waals surface area contributed by atoms with Crippen molar-refractivity contribution in [3.63, 3.8) is 0 Å². The Bertz CT molecular complexity index is 2570. The highest BCUT2D eigenvalue weighted by Gasteiger charge is 2.24. The Morgan fingerprint density at radius 3 is 1.74 bits per heavy atom. The van der Waals surface area contributed by atoms with Crippen LogP contribution in [0.25, 0.3) is 46.3 Å². The molecule has 0 N–H and O–H groups in total. The summed E-state index contributed by atoms with van der Waals surface area (Å²) in [5.41, 5.74) is 2.35. The topological polar surface area (TPSA) is 54.7 Å². The number of ether oxygens (including phenoxy) is 1. The predicted molar refractivity (Wildman–Crippen MR) is 206 cm³/mol. The molecule has 4 nitrogen and oxygen atoms in total. The van der Waals surface area contributed by atoms with E-state index in [-0.39, 0.29) is 10.4 Å². The highest BCUT2D eigenvalue weighted by Crippen LogP contribution is 2.38. The fraction of sp³-hybridized carbons (Fsp3) is 0.0250. The third-order valence-electron chi connectivity index (χ3n) is 8.06. The van der Waals surface area contributed by atoms with E-state index in [0.717, 1.165) is 0 Å². The molecule has 5 aromatic carbocycles. The first kappa shape index (κ1) is 34.3. The average molecular weight is 778 g/mol. The molecule has 1 aromatic heterocycles. The first-order chi connectivity index (χ1) is 24.0. The minimum atomic E-state index is -0.493. The Balaban J connectivity index is 1.34. The molecular formula is C40H21Cl6O4+. The summed E-state index contributed by atoms with van der Waals surface area (Å²) in [5, 5.41) is 2.52. The van der Waals surface area contributed by atoms with Crippen LogP contribution >= 0.6 is 69.6 Å². The summed E-state index contributed by atoms with van der Waals surface area (Å²) < 4.78 is 12.5. The minimum absolute atomic E-state index is 0.0312. The normalized spacial score (nSPS) is 14.2. The summed E-state index contributed by atoms with van der Waals surface area (Å²) >= 11 is 38.0. The van der Waals surface area contributed by atoms with Crippen LogP contribution in [0.4, 0.5) is 0 Å². The number of hydrogen-bond acceptors (Lipinski definition) is 3. The van der Waals surface area contributed by atoms with Gasteiger partial charge in [-0.25, -0.2) is 4.42 Å². The van der Waals surface area contributed by atoms with Gasteiger partial charge in [0.1, 0.15) is 11.5 Å². The zero-order valence-corrected chi connectivity index (χ0v) is 30.1. The molecule has 0 amide bonds. The van der Waals surface area contributed by atoms with E-state index in [1.807, 2.05) is 36.4 Å². The molecule has 0 fully saturated rings. The fourth-order valence-electron chi connectivity index (χ4n) is 5.56. The molecule has 1 atom stereocenters. The van der Waals surface area contributed by atoms with Crippen molar-refractivity contribution < 1.29 is 9.15 Å². The lowest BCUT2D eigenvalue weighted by Gasteiger charge is -2.22. The fourth-order valence-corrected chi connectivity index (χ4v) is 6.61. The number of benzene rings is 4. The van der Waals surface area contributed by atoms with Crippen LogP contribution in [-0.4, -0.2) is 0 Å². The van der Waals surface area contributed by atoms with Crippen molar-refractivity contribution >= 4 is 93.3 Å². The molecule has 1 aliphatic heterocycles. The molecule has 50 heavy (non-hydrogen) atoms. The van der Waals surface area contributed by atoms with Crippen molar-refractivity contribution in [3.8, 4) is 22.6 Å². The summed E-state index contributed by atoms with van der Waals surface area (Å²) in [5.74, 6) is 1.30. The zero-order valence-electron chi connectivity index (χ0n) is 25.5. The van der Waals surface area contributed by atoms with E-state index >= 15 is 0 Å². The van der Waals surface area contributed by atoms with Gasteiger partial charge in [0.15, 0.2) is 0 Å². The van der Waals surface area contributed by atoms with Crippen LogP contribution in [0, 0.1) is 5.92 Å². The second-order valence-corrected chi connectivity index (χ2v) is 13.8. The summed E-state index contributed by atoms with van der Waals surface area (Å²) in [4.78, 5) is 27.2. The minimum Gasteiger partial charge on any atom is -0.457 e. The van der Waals surface area contributed by atoms with Crippen molar-refractivity contribution in [1.82, 2.24) is 0 Å². The van der Waals surface area contributed by atoms with E-state index in [1.165, 1.54) is 0 Å². The average Bonchev–Trinajstić information content (AvgIpc) is 3.12. The molecule has 0 radical (unpaired) electrons. The highest BCUT2D eigenvalue weighted by molar-refractivity contribution is 6.42. The van der Waals surface area contributed by atoms with E-state index in [4.69, 9.17) is 78.8 Å². The van der Waals surface area contributed by atoms with Crippen LogP contribution in [-0.2, 0) is 4.74 Å². The van der Waals surface area contributed by atoms with Crippen molar-refractivity contribution in [3.05, 3.63) is 187 Å². The number of hydrogen-bond donors (Lipinski definition) is 0. The summed E-state index contributed by atoms with van der Waals surface area (Å²) in [6.45, 7) is 0. The maximum Gasteiger partial charge on any atom is 0.362 e. The van der Waals surface area contributed by atoms with Crippen LogP contribution in [0.2, 0.25) is 30.1 Å². The van der Waals surface area contributed by atoms with Crippen LogP contribution < -0.4 is 21.3 Å². The van der Waals surface area contributed by atoms with Crippen LogP contribution in [0.3, 0.4) is 0 Å². The molecule has 0 saturated carbocycles. The van der Waals surface area contributed by atoms with Crippen LogP contribution in [0.1, 0.15) is 16.7 Å². The second kappa shape index (κ2) is 14.2. The monoisotopic (exact) mass is 775 g/mol. The number of halogens is 6. The maximum absolute atomic E-state index is 13.6. The predicted octanol–water partition coefficient (Wildman–Crippen LogP) is 10.7. The summed E-state index contributed by atoms with van der Waals surface area (Å²) in [7, 11) is 0. The molecule has 0 aliphatic carbocycles. The van der Waals surface area contributed by atoms with E-state index < -0.39 is 16.8 Å². The molecular weight excluding hydrogens is 757 g/mol. The molecule has 1 unspecified atom stereocenters. The third-order valence-corrected chi connectivity index (χ3v) is 10.2. The lowest BCUT2D eigenvalue weighted by Crippen LogP contribution is -2.64. The SMILES string of the molecule is O=c1c(=Cc2cc(-c3ccc(Cl)c(Cl)c3)[o+]c(-c3ccccc3Cl)c2)c(=O)c1=CC1C=C(c2ccc(Cl)c(Cl)c2)OC(c2ccccc2Cl)=C1. The molecule has 7 rings (SSSR count). The molecule has 6 aromatic rings. The maximum atomic E-state index is 13.6. The van der Waals surface area contributed by atoms with Crippen molar-refractivity contribution in [1.29, 1.82) is 0 Å². The Morgan fingerprint density at radius 2 is 1.10 bits per heavy atom. The molecule has 0 spiro atoms. The van der Waals surface area contributed by atoms with Crippen molar-refractivity contribution in [2.45, 2.75) is 0 Å². The van der Waals surface area contributed by atoms with Gasteiger partial charge in [-0.1, -0.05) is 99.9 Å². The zero-order chi connectivity index (χ0) is 35.1. The van der Waals surface area contributed by atoms with Gasteiger partial charge in [-0.15, -0.1) is 0 Å². The van der Waals surface area contributed by atoms with Gasteiger partial charge in [0.05, 0.1) is 63.8 Å². The Labute approximate surface area is 316 Å². The molecule has 0 saturated heterocycles. The second-order valence-electron chi connectivity index (χ2n) is 11.4. The van der Waals surface area contributed by atoms with Crippen LogP contribution in [0.5, 0.6) is 0 Å².